The van der Waals surface area contributed by atoms with E-state index in [0.717, 1.165) is 12.8 Å². The highest BCUT2D eigenvalue weighted by Gasteiger charge is 2.58. The van der Waals surface area contributed by atoms with E-state index in [-0.39, 0.29) is 12.2 Å². The maximum atomic E-state index is 5.82. The van der Waals surface area contributed by atoms with Gasteiger partial charge in [-0.05, 0) is 47.6 Å². The molecule has 24 heavy (non-hydrogen) atoms. The first kappa shape index (κ1) is 14.5. The molecule has 2 saturated carbocycles. The molecule has 0 amide bonds. The molecule has 2 bridgehead atoms. The lowest BCUT2D eigenvalue weighted by Gasteiger charge is -2.52. The minimum Gasteiger partial charge on any atom is -0.450 e. The zero-order valence-corrected chi connectivity index (χ0v) is 14.2. The van der Waals surface area contributed by atoms with Crippen LogP contribution in [-0.4, -0.2) is 17.4 Å². The second-order valence-corrected chi connectivity index (χ2v) is 7.57. The third-order valence-electron chi connectivity index (χ3n) is 6.13. The van der Waals surface area contributed by atoms with Crippen molar-refractivity contribution < 1.29 is 9.47 Å². The molecular formula is C21H20O2S. The average Bonchev–Trinajstić information content (AvgIpc) is 2.79. The molecular weight excluding hydrogens is 316 g/mol. The van der Waals surface area contributed by atoms with Crippen molar-refractivity contribution in [2.45, 2.75) is 36.9 Å². The van der Waals surface area contributed by atoms with Crippen LogP contribution in [0.3, 0.4) is 0 Å². The van der Waals surface area contributed by atoms with Gasteiger partial charge < -0.3 is 9.47 Å². The van der Waals surface area contributed by atoms with Gasteiger partial charge in [0.05, 0.1) is 0 Å². The second kappa shape index (κ2) is 5.59. The summed E-state index contributed by atoms with van der Waals surface area (Å²) in [5.41, 5.74) is 2.92. The fourth-order valence-electron chi connectivity index (χ4n) is 5.23. The average molecular weight is 336 g/mol. The molecule has 2 atom stereocenters. The van der Waals surface area contributed by atoms with Gasteiger partial charge in [0, 0.05) is 12.2 Å². The lowest BCUT2D eigenvalue weighted by molar-refractivity contribution is 0.0756. The van der Waals surface area contributed by atoms with Crippen LogP contribution in [0, 0.1) is 11.8 Å². The molecule has 1 aliphatic heterocycles. The maximum absolute atomic E-state index is 5.82. The predicted octanol–water partition coefficient (Wildman–Crippen LogP) is 4.66. The molecule has 5 rings (SSSR count). The van der Waals surface area contributed by atoms with E-state index < -0.39 is 0 Å². The van der Waals surface area contributed by atoms with Gasteiger partial charge >= 0.3 is 5.24 Å². The van der Waals surface area contributed by atoms with Gasteiger partial charge in [-0.3, -0.25) is 0 Å². The normalized spacial score (nSPS) is 36.8. The largest absolute Gasteiger partial charge is 0.450 e. The fourth-order valence-corrected chi connectivity index (χ4v) is 5.47. The van der Waals surface area contributed by atoms with E-state index in [1.165, 1.54) is 11.1 Å². The molecule has 2 aromatic carbocycles. The molecule has 0 aromatic heterocycles. The van der Waals surface area contributed by atoms with E-state index in [0.29, 0.717) is 28.9 Å². The van der Waals surface area contributed by atoms with Gasteiger partial charge in [0.1, 0.15) is 12.2 Å². The summed E-state index contributed by atoms with van der Waals surface area (Å²) in [6, 6.07) is 21.9. The molecule has 3 fully saturated rings. The molecule has 3 heteroatoms. The van der Waals surface area contributed by atoms with Gasteiger partial charge in [0.15, 0.2) is 0 Å². The maximum Gasteiger partial charge on any atom is 0.353 e. The van der Waals surface area contributed by atoms with Crippen LogP contribution in [0.15, 0.2) is 60.7 Å². The van der Waals surface area contributed by atoms with Gasteiger partial charge in [-0.1, -0.05) is 60.7 Å². The number of hydrogen-bond donors (Lipinski definition) is 0. The number of thiocarbonyl (C=S) groups is 1. The molecule has 2 aliphatic carbocycles. The van der Waals surface area contributed by atoms with Crippen molar-refractivity contribution in [3.8, 4) is 0 Å². The Morgan fingerprint density at radius 2 is 1.08 bits per heavy atom. The lowest BCUT2D eigenvalue weighted by atomic mass is 9.52. The molecule has 1 heterocycles. The Bertz CT molecular complexity index is 673. The van der Waals surface area contributed by atoms with Crippen molar-refractivity contribution in [1.82, 2.24) is 0 Å². The minimum atomic E-state index is 0.132. The molecule has 3 aliphatic rings. The van der Waals surface area contributed by atoms with E-state index >= 15 is 0 Å². The van der Waals surface area contributed by atoms with Gasteiger partial charge in [-0.15, -0.1) is 0 Å². The Hall–Kier alpha value is -1.87. The van der Waals surface area contributed by atoms with Crippen molar-refractivity contribution >= 4 is 17.5 Å². The Morgan fingerprint density at radius 3 is 1.50 bits per heavy atom. The molecule has 2 aromatic rings. The van der Waals surface area contributed by atoms with Crippen molar-refractivity contribution in [1.29, 1.82) is 0 Å². The molecule has 0 unspecified atom stereocenters. The molecule has 2 nitrogen and oxygen atoms in total. The quantitative estimate of drug-likeness (QED) is 0.743. The monoisotopic (exact) mass is 336 g/mol. The lowest BCUT2D eigenvalue weighted by Crippen LogP contribution is -2.42. The van der Waals surface area contributed by atoms with Crippen LogP contribution in [0.5, 0.6) is 0 Å². The standard InChI is InChI=1S/C21H20O2S/c24-21-22-17-11-15-19(13-7-3-1-4-8-13)16(12-18(17)23-21)20(15)14-9-5-2-6-10-14/h1-10,15-20H,11-12H2/t15?,16?,17-,18-,19?,20?/m1/s1. The first-order valence-electron chi connectivity index (χ1n) is 8.78. The number of benzene rings is 2. The number of hydrogen-bond acceptors (Lipinski definition) is 3. The van der Waals surface area contributed by atoms with Crippen molar-refractivity contribution in [2.75, 3.05) is 0 Å². The summed E-state index contributed by atoms with van der Waals surface area (Å²) in [6.07, 6.45) is 2.32. The zero-order chi connectivity index (χ0) is 16.1. The van der Waals surface area contributed by atoms with Gasteiger partial charge in [0.25, 0.3) is 0 Å². The summed E-state index contributed by atoms with van der Waals surface area (Å²) >= 11 is 5.13. The van der Waals surface area contributed by atoms with E-state index in [9.17, 15) is 0 Å². The highest BCUT2D eigenvalue weighted by molar-refractivity contribution is 7.79. The Balaban J connectivity index is 1.52. The SMILES string of the molecule is S=C1O[C@@H]2CC3C(c4ccccc4)C(C[C@H]2O1)C3c1ccccc1. The summed E-state index contributed by atoms with van der Waals surface area (Å²) in [5, 5.41) is 0.346. The van der Waals surface area contributed by atoms with Gasteiger partial charge in [-0.2, -0.15) is 0 Å². The first-order valence-corrected chi connectivity index (χ1v) is 9.19. The van der Waals surface area contributed by atoms with Crippen LogP contribution >= 0.6 is 12.2 Å². The Morgan fingerprint density at radius 1 is 0.667 bits per heavy atom. The van der Waals surface area contributed by atoms with Crippen molar-refractivity contribution in [3.05, 3.63) is 71.8 Å². The van der Waals surface area contributed by atoms with E-state index in [4.69, 9.17) is 21.7 Å². The minimum absolute atomic E-state index is 0.132. The highest BCUT2D eigenvalue weighted by atomic mass is 32.1. The van der Waals surface area contributed by atoms with Crippen LogP contribution in [0.1, 0.15) is 35.8 Å². The summed E-state index contributed by atoms with van der Waals surface area (Å²) in [5.74, 6) is 2.39. The molecule has 122 valence electrons. The first-order chi connectivity index (χ1) is 11.8. The Kier molecular flexibility index (Phi) is 3.37. The number of fused-ring (bicyclic) bond motifs is 3. The van der Waals surface area contributed by atoms with Crippen molar-refractivity contribution in [2.24, 2.45) is 11.8 Å². The van der Waals surface area contributed by atoms with Gasteiger partial charge in [0.2, 0.25) is 0 Å². The number of rotatable bonds is 2. The molecule has 0 radical (unpaired) electrons. The van der Waals surface area contributed by atoms with Crippen LogP contribution in [0.2, 0.25) is 0 Å². The summed E-state index contributed by atoms with van der Waals surface area (Å²) in [4.78, 5) is 0. The van der Waals surface area contributed by atoms with Crippen molar-refractivity contribution in [3.63, 3.8) is 0 Å². The van der Waals surface area contributed by atoms with Crippen LogP contribution in [-0.2, 0) is 9.47 Å². The third kappa shape index (κ3) is 2.18. The van der Waals surface area contributed by atoms with Crippen LogP contribution < -0.4 is 0 Å². The molecule has 0 N–H and O–H groups in total. The fraction of sp³-hybridized carbons (Fsp3) is 0.381. The van der Waals surface area contributed by atoms with E-state index in [1.54, 1.807) is 0 Å². The molecule has 0 spiro atoms. The van der Waals surface area contributed by atoms with E-state index in [1.807, 2.05) is 0 Å². The third-order valence-corrected chi connectivity index (χ3v) is 6.33. The topological polar surface area (TPSA) is 18.5 Å². The van der Waals surface area contributed by atoms with E-state index in [2.05, 4.69) is 60.7 Å². The van der Waals surface area contributed by atoms with Crippen LogP contribution in [0.25, 0.3) is 0 Å². The van der Waals surface area contributed by atoms with Crippen LogP contribution in [0.4, 0.5) is 0 Å². The summed E-state index contributed by atoms with van der Waals surface area (Å²) in [7, 11) is 0. The number of ether oxygens (including phenoxy) is 2. The smallest absolute Gasteiger partial charge is 0.353 e. The van der Waals surface area contributed by atoms with Gasteiger partial charge in [-0.25, -0.2) is 0 Å². The highest BCUT2D eigenvalue weighted by Crippen LogP contribution is 2.63. The molecule has 1 saturated heterocycles. The summed E-state index contributed by atoms with van der Waals surface area (Å²) in [6.45, 7) is 0. The Labute approximate surface area is 147 Å². The second-order valence-electron chi connectivity index (χ2n) is 7.23. The zero-order valence-electron chi connectivity index (χ0n) is 13.4. The summed E-state index contributed by atoms with van der Waals surface area (Å²) < 4.78 is 11.6. The predicted molar refractivity (Wildman–Crippen MR) is 96.9 cm³/mol.